The number of amides is 1. The average molecular weight is 517 g/mol. The molecule has 3 aromatic carbocycles. The highest BCUT2D eigenvalue weighted by Crippen LogP contribution is 2.34. The Bertz CT molecular complexity index is 1560. The van der Waals surface area contributed by atoms with Crippen LogP contribution in [0.15, 0.2) is 77.7 Å². The van der Waals surface area contributed by atoms with E-state index < -0.39 is 46.6 Å². The summed E-state index contributed by atoms with van der Waals surface area (Å²) in [6.07, 6.45) is -5.78. The number of aromatic nitrogens is 2. The highest BCUT2D eigenvalue weighted by atomic mass is 32.2. The molecule has 0 aliphatic heterocycles. The van der Waals surface area contributed by atoms with Crippen molar-refractivity contribution in [1.29, 1.82) is 0 Å². The molecule has 186 valence electrons. The van der Waals surface area contributed by atoms with Crippen molar-refractivity contribution in [3.8, 4) is 16.9 Å². The first-order chi connectivity index (χ1) is 16.9. The molecule has 0 spiro atoms. The van der Waals surface area contributed by atoms with Crippen molar-refractivity contribution in [2.24, 2.45) is 0 Å². The molecule has 0 fully saturated rings. The molecule has 4 aromatic rings. The van der Waals surface area contributed by atoms with Crippen LogP contribution < -0.4 is 4.72 Å². The molecule has 2 N–H and O–H groups in total. The summed E-state index contributed by atoms with van der Waals surface area (Å²) < 4.78 is 68.2. The van der Waals surface area contributed by atoms with Crippen molar-refractivity contribution in [3.63, 3.8) is 0 Å². The Labute approximate surface area is 203 Å². The van der Waals surface area contributed by atoms with Crippen molar-refractivity contribution in [2.45, 2.75) is 23.9 Å². The van der Waals surface area contributed by atoms with Crippen LogP contribution in [0.5, 0.6) is 0 Å². The number of halogens is 3. The zero-order chi connectivity index (χ0) is 26.1. The SMILES string of the molecule is O=C(O)CCC(=O)NS(=O)(=O)c1ccc(-n2nc(C(F)(F)F)cc2-c2ccc3ccccc3c2)cc1. The second-order valence-electron chi connectivity index (χ2n) is 7.80. The Morgan fingerprint density at radius 3 is 2.22 bits per heavy atom. The highest BCUT2D eigenvalue weighted by Gasteiger charge is 2.35. The lowest BCUT2D eigenvalue weighted by Crippen LogP contribution is -2.30. The van der Waals surface area contributed by atoms with Crippen molar-refractivity contribution in [2.75, 3.05) is 0 Å². The van der Waals surface area contributed by atoms with Crippen LogP contribution >= 0.6 is 0 Å². The van der Waals surface area contributed by atoms with Gasteiger partial charge in [0.05, 0.1) is 22.7 Å². The lowest BCUT2D eigenvalue weighted by molar-refractivity contribution is -0.141. The number of rotatable bonds is 7. The molecular weight excluding hydrogens is 499 g/mol. The molecule has 12 heteroatoms. The lowest BCUT2D eigenvalue weighted by Gasteiger charge is -2.10. The van der Waals surface area contributed by atoms with E-state index in [-0.39, 0.29) is 16.3 Å². The quantitative estimate of drug-likeness (QED) is 0.376. The fraction of sp³-hybridized carbons (Fsp3) is 0.125. The van der Waals surface area contributed by atoms with Gasteiger partial charge >= 0.3 is 12.1 Å². The number of nitrogens with one attached hydrogen (secondary N) is 1. The summed E-state index contributed by atoms with van der Waals surface area (Å²) in [6.45, 7) is 0. The molecule has 0 bridgehead atoms. The summed E-state index contributed by atoms with van der Waals surface area (Å²) in [5, 5.41) is 14.0. The zero-order valence-electron chi connectivity index (χ0n) is 18.4. The maximum atomic E-state index is 13.5. The van der Waals surface area contributed by atoms with Gasteiger partial charge < -0.3 is 5.11 Å². The van der Waals surface area contributed by atoms with E-state index in [1.807, 2.05) is 24.3 Å². The van der Waals surface area contributed by atoms with Gasteiger partial charge in [0.15, 0.2) is 5.69 Å². The molecular formula is C24H18F3N3O5S. The van der Waals surface area contributed by atoms with Gasteiger partial charge in [-0.2, -0.15) is 18.3 Å². The monoisotopic (exact) mass is 517 g/mol. The Kier molecular flexibility index (Phi) is 6.55. The number of fused-ring (bicyclic) bond motifs is 1. The van der Waals surface area contributed by atoms with E-state index in [0.29, 0.717) is 5.56 Å². The van der Waals surface area contributed by atoms with Crippen molar-refractivity contribution in [1.82, 2.24) is 14.5 Å². The minimum absolute atomic E-state index is 0.144. The smallest absolute Gasteiger partial charge is 0.435 e. The van der Waals surface area contributed by atoms with Crippen LogP contribution in [0.2, 0.25) is 0 Å². The maximum Gasteiger partial charge on any atom is 0.435 e. The van der Waals surface area contributed by atoms with Crippen molar-refractivity contribution >= 4 is 32.7 Å². The third-order valence-electron chi connectivity index (χ3n) is 5.25. The number of carbonyl (C=O) groups is 2. The number of hydrogen-bond acceptors (Lipinski definition) is 5. The van der Waals surface area contributed by atoms with Gasteiger partial charge in [0.1, 0.15) is 0 Å². The van der Waals surface area contributed by atoms with Gasteiger partial charge in [-0.05, 0) is 47.2 Å². The van der Waals surface area contributed by atoms with E-state index in [2.05, 4.69) is 5.10 Å². The topological polar surface area (TPSA) is 118 Å². The van der Waals surface area contributed by atoms with Gasteiger partial charge in [0.25, 0.3) is 10.0 Å². The van der Waals surface area contributed by atoms with Gasteiger partial charge in [0.2, 0.25) is 5.91 Å². The number of carboxylic acids is 1. The number of carboxylic acid groups (broad SMARTS) is 1. The molecule has 1 heterocycles. The number of alkyl halides is 3. The Morgan fingerprint density at radius 1 is 0.917 bits per heavy atom. The molecule has 36 heavy (non-hydrogen) atoms. The third kappa shape index (κ3) is 5.38. The van der Waals surface area contributed by atoms with Crippen LogP contribution in [0.1, 0.15) is 18.5 Å². The van der Waals surface area contributed by atoms with Crippen molar-refractivity contribution in [3.05, 3.63) is 78.5 Å². The zero-order valence-corrected chi connectivity index (χ0v) is 19.2. The fourth-order valence-electron chi connectivity index (χ4n) is 3.52. The minimum atomic E-state index is -4.71. The van der Waals surface area contributed by atoms with Crippen LogP contribution in [-0.2, 0) is 25.8 Å². The molecule has 0 saturated carbocycles. The molecule has 0 atom stereocenters. The summed E-state index contributed by atoms with van der Waals surface area (Å²) in [6, 6.07) is 18.2. The standard InChI is InChI=1S/C24H18F3N3O5S/c25-24(26,27)21-14-20(17-6-5-15-3-1-2-4-16(15)13-17)30(28-21)18-7-9-19(10-8-18)36(34,35)29-22(31)11-12-23(32)33/h1-10,13-14H,11-12H2,(H,29,31)(H,32,33). The number of aliphatic carboxylic acids is 1. The summed E-state index contributed by atoms with van der Waals surface area (Å²) in [5.41, 5.74) is -0.345. The van der Waals surface area contributed by atoms with Gasteiger partial charge in [0, 0.05) is 12.0 Å². The van der Waals surface area contributed by atoms with Crippen LogP contribution in [0.25, 0.3) is 27.7 Å². The van der Waals surface area contributed by atoms with Crippen LogP contribution in [0.4, 0.5) is 13.2 Å². The highest BCUT2D eigenvalue weighted by molar-refractivity contribution is 7.90. The number of carbonyl (C=O) groups excluding carboxylic acids is 1. The third-order valence-corrected chi connectivity index (χ3v) is 6.64. The summed E-state index contributed by atoms with van der Waals surface area (Å²) in [5.74, 6) is -2.26. The fourth-order valence-corrected chi connectivity index (χ4v) is 4.53. The second-order valence-corrected chi connectivity index (χ2v) is 9.49. The van der Waals surface area contributed by atoms with Gasteiger partial charge in [-0.1, -0.05) is 36.4 Å². The largest absolute Gasteiger partial charge is 0.481 e. The lowest BCUT2D eigenvalue weighted by atomic mass is 10.0. The van der Waals surface area contributed by atoms with E-state index in [9.17, 15) is 31.2 Å². The molecule has 0 saturated heterocycles. The van der Waals surface area contributed by atoms with E-state index in [1.165, 1.54) is 12.1 Å². The Balaban J connectivity index is 1.70. The molecule has 0 radical (unpaired) electrons. The average Bonchev–Trinajstić information content (AvgIpc) is 3.28. The molecule has 1 aromatic heterocycles. The van der Waals surface area contributed by atoms with Crippen LogP contribution in [0, 0.1) is 0 Å². The summed E-state index contributed by atoms with van der Waals surface area (Å²) in [7, 11) is -4.31. The number of sulfonamides is 1. The molecule has 0 aliphatic carbocycles. The number of benzene rings is 3. The number of nitrogens with zero attached hydrogens (tertiary/aromatic N) is 2. The predicted octanol–water partition coefficient (Wildman–Crippen LogP) is 4.38. The maximum absolute atomic E-state index is 13.5. The second kappa shape index (κ2) is 9.46. The van der Waals surface area contributed by atoms with Crippen LogP contribution in [-0.4, -0.2) is 35.2 Å². The van der Waals surface area contributed by atoms with Gasteiger partial charge in [-0.3, -0.25) is 9.59 Å². The first-order valence-electron chi connectivity index (χ1n) is 10.5. The molecule has 8 nitrogen and oxygen atoms in total. The predicted molar refractivity (Wildman–Crippen MR) is 124 cm³/mol. The first-order valence-corrected chi connectivity index (χ1v) is 12.0. The minimum Gasteiger partial charge on any atom is -0.481 e. The molecule has 0 unspecified atom stereocenters. The van der Waals surface area contributed by atoms with E-state index >= 15 is 0 Å². The molecule has 0 aliphatic rings. The van der Waals surface area contributed by atoms with Gasteiger partial charge in [-0.25, -0.2) is 17.8 Å². The van der Waals surface area contributed by atoms with Crippen molar-refractivity contribution < 1.29 is 36.3 Å². The number of hydrogen-bond donors (Lipinski definition) is 2. The normalized spacial score (nSPS) is 12.0. The summed E-state index contributed by atoms with van der Waals surface area (Å²) in [4.78, 5) is 22.0. The van der Waals surface area contributed by atoms with E-state index in [1.54, 1.807) is 22.9 Å². The Hall–Kier alpha value is -4.19. The van der Waals surface area contributed by atoms with E-state index in [4.69, 9.17) is 5.11 Å². The van der Waals surface area contributed by atoms with Crippen LogP contribution in [0.3, 0.4) is 0 Å². The molecule has 4 rings (SSSR count). The molecule has 1 amide bonds. The first kappa shape index (κ1) is 24.9. The Morgan fingerprint density at radius 2 is 1.58 bits per heavy atom. The van der Waals surface area contributed by atoms with E-state index in [0.717, 1.165) is 33.7 Å². The van der Waals surface area contributed by atoms with Gasteiger partial charge in [-0.15, -0.1) is 0 Å². The summed E-state index contributed by atoms with van der Waals surface area (Å²) >= 11 is 0.